The number of rotatable bonds is 5. The quantitative estimate of drug-likeness (QED) is 0.653. The second kappa shape index (κ2) is 8.08. The Morgan fingerprint density at radius 3 is 2.66 bits per heavy atom. The predicted molar refractivity (Wildman–Crippen MR) is 110 cm³/mol. The van der Waals surface area contributed by atoms with Crippen molar-refractivity contribution < 1.29 is 14.0 Å². The normalized spacial score (nSPS) is 17.4. The summed E-state index contributed by atoms with van der Waals surface area (Å²) in [5, 5.41) is 4.11. The zero-order valence-corrected chi connectivity index (χ0v) is 17.1. The van der Waals surface area contributed by atoms with Crippen LogP contribution in [0.25, 0.3) is 22.8 Å². The van der Waals surface area contributed by atoms with Crippen molar-refractivity contribution in [3.8, 4) is 34.3 Å². The van der Waals surface area contributed by atoms with E-state index in [1.54, 1.807) is 20.4 Å². The summed E-state index contributed by atoms with van der Waals surface area (Å²) in [6, 6.07) is 10.0. The molecule has 1 atom stereocenters. The lowest BCUT2D eigenvalue weighted by molar-refractivity contribution is 0.233. The maximum atomic E-state index is 5.48. The fourth-order valence-corrected chi connectivity index (χ4v) is 3.47. The molecule has 152 valence electrons. The number of pyridine rings is 1. The van der Waals surface area contributed by atoms with E-state index in [0.717, 1.165) is 31.0 Å². The van der Waals surface area contributed by atoms with Crippen molar-refractivity contribution >= 4 is 5.82 Å². The van der Waals surface area contributed by atoms with E-state index < -0.39 is 0 Å². The van der Waals surface area contributed by atoms with Gasteiger partial charge < -0.3 is 23.8 Å². The van der Waals surface area contributed by atoms with Crippen molar-refractivity contribution in [2.24, 2.45) is 0 Å². The summed E-state index contributed by atoms with van der Waals surface area (Å²) >= 11 is 0. The summed E-state index contributed by atoms with van der Waals surface area (Å²) in [5.41, 5.74) is 1.48. The van der Waals surface area contributed by atoms with Crippen molar-refractivity contribution in [3.05, 3.63) is 36.5 Å². The van der Waals surface area contributed by atoms with Crippen LogP contribution in [0.1, 0.15) is 6.92 Å². The van der Waals surface area contributed by atoms with E-state index in [9.17, 15) is 0 Å². The van der Waals surface area contributed by atoms with Gasteiger partial charge in [-0.3, -0.25) is 0 Å². The molecule has 0 aliphatic carbocycles. The molecule has 0 saturated carbocycles. The monoisotopic (exact) mass is 395 g/mol. The zero-order chi connectivity index (χ0) is 20.4. The van der Waals surface area contributed by atoms with Gasteiger partial charge in [-0.15, -0.1) is 0 Å². The number of benzene rings is 1. The molecular formula is C21H25N5O3. The van der Waals surface area contributed by atoms with Crippen LogP contribution in [-0.4, -0.2) is 67.0 Å². The number of methoxy groups -OCH3 is 2. The highest BCUT2D eigenvalue weighted by atomic mass is 16.5. The summed E-state index contributed by atoms with van der Waals surface area (Å²) in [7, 11) is 5.34. The number of hydrogen-bond acceptors (Lipinski definition) is 8. The van der Waals surface area contributed by atoms with Gasteiger partial charge in [-0.05, 0) is 38.2 Å². The Morgan fingerprint density at radius 1 is 1.10 bits per heavy atom. The second-order valence-corrected chi connectivity index (χ2v) is 7.14. The van der Waals surface area contributed by atoms with Crippen LogP contribution in [0.15, 0.2) is 41.1 Å². The lowest BCUT2D eigenvalue weighted by atomic mass is 10.1. The molecule has 0 bridgehead atoms. The summed E-state index contributed by atoms with van der Waals surface area (Å²) in [6.45, 7) is 5.18. The third kappa shape index (κ3) is 3.75. The van der Waals surface area contributed by atoms with Crippen LogP contribution in [0.4, 0.5) is 5.82 Å². The number of likely N-dealkylation sites (N-methyl/N-ethyl adjacent to an activating group) is 1. The predicted octanol–water partition coefficient (Wildman–Crippen LogP) is 2.96. The number of aromatic nitrogens is 3. The van der Waals surface area contributed by atoms with E-state index in [1.165, 1.54) is 0 Å². The molecule has 1 saturated heterocycles. The lowest BCUT2D eigenvalue weighted by Gasteiger charge is -2.38. The average molecular weight is 395 g/mol. The second-order valence-electron chi connectivity index (χ2n) is 7.14. The van der Waals surface area contributed by atoms with Crippen molar-refractivity contribution in [3.63, 3.8) is 0 Å². The van der Waals surface area contributed by atoms with Gasteiger partial charge in [0.2, 0.25) is 5.82 Å². The van der Waals surface area contributed by atoms with Crippen LogP contribution in [0, 0.1) is 0 Å². The van der Waals surface area contributed by atoms with Crippen molar-refractivity contribution in [2.45, 2.75) is 13.0 Å². The van der Waals surface area contributed by atoms with Crippen LogP contribution in [0.5, 0.6) is 11.5 Å². The number of para-hydroxylation sites is 1. The van der Waals surface area contributed by atoms with Gasteiger partial charge >= 0.3 is 0 Å². The van der Waals surface area contributed by atoms with Gasteiger partial charge in [0.05, 0.1) is 25.3 Å². The third-order valence-corrected chi connectivity index (χ3v) is 5.35. The Hall–Kier alpha value is -3.13. The molecule has 4 rings (SSSR count). The molecule has 2 aromatic heterocycles. The minimum atomic E-state index is 0.413. The first-order valence-corrected chi connectivity index (χ1v) is 9.57. The van der Waals surface area contributed by atoms with E-state index in [-0.39, 0.29) is 0 Å². The van der Waals surface area contributed by atoms with Crippen LogP contribution >= 0.6 is 0 Å². The maximum absolute atomic E-state index is 5.48. The van der Waals surface area contributed by atoms with Crippen molar-refractivity contribution in [2.75, 3.05) is 45.8 Å². The Balaban J connectivity index is 1.56. The van der Waals surface area contributed by atoms with Crippen molar-refractivity contribution in [1.29, 1.82) is 0 Å². The zero-order valence-electron chi connectivity index (χ0n) is 17.1. The van der Waals surface area contributed by atoms with Gasteiger partial charge in [-0.25, -0.2) is 4.98 Å². The summed E-state index contributed by atoms with van der Waals surface area (Å²) in [5.74, 6) is 3.00. The molecule has 0 N–H and O–H groups in total. The first-order chi connectivity index (χ1) is 14.1. The highest BCUT2D eigenvalue weighted by Crippen LogP contribution is 2.37. The van der Waals surface area contributed by atoms with Gasteiger partial charge in [0.25, 0.3) is 5.89 Å². The molecule has 0 spiro atoms. The molecule has 1 aliphatic rings. The fourth-order valence-electron chi connectivity index (χ4n) is 3.47. The number of ether oxygens (including phenoxy) is 2. The molecule has 29 heavy (non-hydrogen) atoms. The Kier molecular flexibility index (Phi) is 5.35. The highest BCUT2D eigenvalue weighted by molar-refractivity contribution is 5.69. The van der Waals surface area contributed by atoms with Gasteiger partial charge in [0.15, 0.2) is 11.5 Å². The minimum absolute atomic E-state index is 0.413. The van der Waals surface area contributed by atoms with E-state index in [0.29, 0.717) is 34.8 Å². The number of nitrogens with zero attached hydrogens (tertiary/aromatic N) is 5. The van der Waals surface area contributed by atoms with Gasteiger partial charge in [-0.1, -0.05) is 11.2 Å². The molecule has 1 aliphatic heterocycles. The number of piperazine rings is 1. The summed E-state index contributed by atoms with van der Waals surface area (Å²) < 4.78 is 16.3. The molecule has 3 aromatic rings. The van der Waals surface area contributed by atoms with Crippen LogP contribution < -0.4 is 14.4 Å². The molecule has 0 radical (unpaired) electrons. The molecule has 8 heteroatoms. The van der Waals surface area contributed by atoms with E-state index >= 15 is 0 Å². The molecule has 0 amide bonds. The standard InChI is InChI=1S/C21H25N5O3/c1-14-13-26(11-10-25(14)2)18-9-8-15(12-22-18)21-23-20(24-29-21)16-6-5-7-17(27-3)19(16)28-4/h5-9,12,14H,10-11,13H2,1-4H3. The van der Waals surface area contributed by atoms with Crippen LogP contribution in [-0.2, 0) is 0 Å². The minimum Gasteiger partial charge on any atom is -0.493 e. The first kappa shape index (κ1) is 19.2. The maximum Gasteiger partial charge on any atom is 0.259 e. The molecule has 1 unspecified atom stereocenters. The van der Waals surface area contributed by atoms with Crippen LogP contribution in [0.2, 0.25) is 0 Å². The molecule has 1 fully saturated rings. The molecule has 3 heterocycles. The number of anilines is 1. The fraction of sp³-hybridized carbons (Fsp3) is 0.381. The lowest BCUT2D eigenvalue weighted by Crippen LogP contribution is -2.50. The smallest absolute Gasteiger partial charge is 0.259 e. The van der Waals surface area contributed by atoms with Crippen LogP contribution in [0.3, 0.4) is 0 Å². The Labute approximate surface area is 170 Å². The van der Waals surface area contributed by atoms with E-state index in [2.05, 4.69) is 38.9 Å². The first-order valence-electron chi connectivity index (χ1n) is 9.57. The topological polar surface area (TPSA) is 76.8 Å². The summed E-state index contributed by atoms with van der Waals surface area (Å²) in [4.78, 5) is 13.8. The summed E-state index contributed by atoms with van der Waals surface area (Å²) in [6.07, 6.45) is 1.78. The Morgan fingerprint density at radius 2 is 1.97 bits per heavy atom. The molecular weight excluding hydrogens is 370 g/mol. The van der Waals surface area contributed by atoms with E-state index in [4.69, 9.17) is 14.0 Å². The van der Waals surface area contributed by atoms with Gasteiger partial charge in [-0.2, -0.15) is 4.98 Å². The third-order valence-electron chi connectivity index (χ3n) is 5.35. The van der Waals surface area contributed by atoms with Crippen molar-refractivity contribution in [1.82, 2.24) is 20.0 Å². The average Bonchev–Trinajstić information content (AvgIpc) is 3.25. The molecule has 8 nitrogen and oxygen atoms in total. The van der Waals surface area contributed by atoms with E-state index in [1.807, 2.05) is 30.3 Å². The highest BCUT2D eigenvalue weighted by Gasteiger charge is 2.22. The SMILES string of the molecule is COc1cccc(-c2noc(-c3ccc(N4CCN(C)C(C)C4)nc3)n2)c1OC. The largest absolute Gasteiger partial charge is 0.493 e. The van der Waals surface area contributed by atoms with Gasteiger partial charge in [0.1, 0.15) is 5.82 Å². The molecule has 1 aromatic carbocycles. The Bertz CT molecular complexity index is 973. The van der Waals surface area contributed by atoms with Gasteiger partial charge in [0, 0.05) is 31.9 Å². The number of hydrogen-bond donors (Lipinski definition) is 0.